The Hall–Kier alpha value is -6.52. The summed E-state index contributed by atoms with van der Waals surface area (Å²) in [5.74, 6) is -5.13. The van der Waals surface area contributed by atoms with E-state index in [-0.39, 0.29) is 46.3 Å². The van der Waals surface area contributed by atoms with E-state index in [0.717, 1.165) is 16.6 Å². The Bertz CT molecular complexity index is 2100. The highest BCUT2D eigenvalue weighted by Gasteiger charge is 2.23. The molecule has 0 aliphatic rings. The second-order valence-electron chi connectivity index (χ2n) is 9.73. The van der Waals surface area contributed by atoms with E-state index in [1.165, 1.54) is 36.4 Å². The monoisotopic (exact) mass is 615 g/mol. The number of hydrogen-bond donors (Lipinski definition) is 6. The number of aromatic nitrogens is 4. The van der Waals surface area contributed by atoms with Gasteiger partial charge < -0.3 is 32.5 Å². The van der Waals surface area contributed by atoms with Crippen LogP contribution in [0.25, 0.3) is 5.78 Å². The highest BCUT2D eigenvalue weighted by molar-refractivity contribution is 5.98. The second kappa shape index (κ2) is 11.6. The zero-order valence-electron chi connectivity index (χ0n) is 23.1. The lowest BCUT2D eigenvalue weighted by Gasteiger charge is -2.15. The van der Waals surface area contributed by atoms with Crippen LogP contribution in [0, 0.1) is 5.82 Å². The summed E-state index contributed by atoms with van der Waals surface area (Å²) >= 11 is 0. The molecule has 16 nitrogen and oxygen atoms in total. The average molecular weight is 616 g/mol. The van der Waals surface area contributed by atoms with Crippen LogP contribution in [-0.4, -0.2) is 48.4 Å². The number of hydrogen-bond acceptors (Lipinski definition) is 11. The van der Waals surface area contributed by atoms with Crippen molar-refractivity contribution in [2.75, 3.05) is 11.1 Å². The number of halogens is 1. The summed E-state index contributed by atoms with van der Waals surface area (Å²) in [6.07, 6.45) is 0. The maximum Gasteiger partial charge on any atom is 0.335 e. The minimum Gasteiger partial charge on any atom is -0.478 e. The molecule has 0 saturated carbocycles. The van der Waals surface area contributed by atoms with Crippen LogP contribution in [-0.2, 0) is 6.54 Å². The first-order chi connectivity index (χ1) is 21.3. The summed E-state index contributed by atoms with van der Waals surface area (Å²) in [7, 11) is 0. The fraction of sp³-hybridized carbons (Fsp3) is 0.107. The molecule has 0 saturated heterocycles. The Kier molecular flexibility index (Phi) is 7.74. The van der Waals surface area contributed by atoms with Crippen LogP contribution < -0.4 is 38.3 Å². The molecule has 0 spiro atoms. The molecule has 0 unspecified atom stereocenters. The first-order valence-electron chi connectivity index (χ1n) is 13.0. The molecule has 0 bridgehead atoms. The van der Waals surface area contributed by atoms with Gasteiger partial charge in [-0.3, -0.25) is 24.0 Å². The van der Waals surface area contributed by atoms with Gasteiger partial charge in [0.05, 0.1) is 17.3 Å². The van der Waals surface area contributed by atoms with Gasteiger partial charge in [0.15, 0.2) is 0 Å². The molecule has 1 atom stereocenters. The zero-order chi connectivity index (χ0) is 32.6. The molecule has 45 heavy (non-hydrogen) atoms. The molecule has 0 radical (unpaired) electrons. The molecule has 5 aromatic rings. The normalized spacial score (nSPS) is 11.7. The van der Waals surface area contributed by atoms with Crippen molar-refractivity contribution < 1.29 is 28.7 Å². The van der Waals surface area contributed by atoms with Crippen LogP contribution in [0.5, 0.6) is 0 Å². The number of aromatic carboxylic acids is 1. The van der Waals surface area contributed by atoms with Gasteiger partial charge in [0.1, 0.15) is 28.6 Å². The molecule has 2 aromatic heterocycles. The third-order valence-corrected chi connectivity index (χ3v) is 6.69. The number of anilines is 3. The second-order valence-corrected chi connectivity index (χ2v) is 9.73. The molecule has 0 aliphatic heterocycles. The number of carbonyl (C=O) groups excluding carboxylic acids is 3. The summed E-state index contributed by atoms with van der Waals surface area (Å²) in [6, 6.07) is 10.1. The minimum absolute atomic E-state index is 0.0669. The van der Waals surface area contributed by atoms with Gasteiger partial charge in [0.2, 0.25) is 5.82 Å². The van der Waals surface area contributed by atoms with E-state index < -0.39 is 52.2 Å². The van der Waals surface area contributed by atoms with Crippen molar-refractivity contribution in [1.82, 2.24) is 30.2 Å². The number of nitrogens with two attached hydrogens (primary N) is 2. The van der Waals surface area contributed by atoms with Gasteiger partial charge in [0, 0.05) is 12.6 Å². The molecule has 3 amide bonds. The van der Waals surface area contributed by atoms with Crippen molar-refractivity contribution in [3.05, 3.63) is 109 Å². The van der Waals surface area contributed by atoms with E-state index in [1.807, 2.05) is 0 Å². The Morgan fingerprint density at radius 1 is 1.00 bits per heavy atom. The van der Waals surface area contributed by atoms with E-state index in [1.54, 1.807) is 6.92 Å². The number of primary amides is 1. The number of carboxylic acids is 1. The Labute approximate surface area is 250 Å². The first-order valence-corrected chi connectivity index (χ1v) is 13.0. The number of benzene rings is 2. The van der Waals surface area contributed by atoms with E-state index in [0.29, 0.717) is 11.1 Å². The maximum absolute atomic E-state index is 14.4. The molecular formula is C28H22FN9O7. The van der Waals surface area contributed by atoms with Gasteiger partial charge in [0.25, 0.3) is 34.4 Å². The Morgan fingerprint density at radius 2 is 1.71 bits per heavy atom. The van der Waals surface area contributed by atoms with Crippen LogP contribution >= 0.6 is 0 Å². The Balaban J connectivity index is 1.38. The summed E-state index contributed by atoms with van der Waals surface area (Å²) in [5, 5.41) is 20.8. The summed E-state index contributed by atoms with van der Waals surface area (Å²) in [6.45, 7) is 1.47. The largest absolute Gasteiger partial charge is 0.478 e. The molecule has 228 valence electrons. The van der Waals surface area contributed by atoms with E-state index in [4.69, 9.17) is 16.6 Å². The van der Waals surface area contributed by atoms with Crippen LogP contribution in [0.2, 0.25) is 0 Å². The van der Waals surface area contributed by atoms with E-state index in [9.17, 15) is 33.2 Å². The predicted molar refractivity (Wildman–Crippen MR) is 155 cm³/mol. The number of nitrogen functional groups attached to an aromatic ring is 1. The van der Waals surface area contributed by atoms with Crippen LogP contribution in [0.3, 0.4) is 0 Å². The summed E-state index contributed by atoms with van der Waals surface area (Å²) in [4.78, 5) is 80.4. The van der Waals surface area contributed by atoms with Gasteiger partial charge in [-0.15, -0.1) is 5.10 Å². The highest BCUT2D eigenvalue weighted by atomic mass is 19.1. The third kappa shape index (κ3) is 5.89. The van der Waals surface area contributed by atoms with Gasteiger partial charge in [-0.2, -0.15) is 9.50 Å². The van der Waals surface area contributed by atoms with Crippen molar-refractivity contribution in [2.45, 2.75) is 19.5 Å². The van der Waals surface area contributed by atoms with Crippen LogP contribution in [0.1, 0.15) is 66.0 Å². The highest BCUT2D eigenvalue weighted by Crippen LogP contribution is 2.23. The van der Waals surface area contributed by atoms with E-state index in [2.05, 4.69) is 31.0 Å². The van der Waals surface area contributed by atoms with Gasteiger partial charge in [-0.1, -0.05) is 18.2 Å². The van der Waals surface area contributed by atoms with Gasteiger partial charge in [-0.05, 0) is 42.3 Å². The SMILES string of the molecule is C[C@H](NC(=O)c1cc(C(=O)NCc2ccc(F)c(Nc3c(N)c(=O)c3=O)c2)n2nc(C(N)=O)nc2n1)c1ccc(C(=O)O)cc1. The van der Waals surface area contributed by atoms with Gasteiger partial charge in [-0.25, -0.2) is 14.2 Å². The molecule has 2 heterocycles. The number of nitrogens with one attached hydrogen (secondary N) is 3. The lowest BCUT2D eigenvalue weighted by Crippen LogP contribution is -2.36. The lowest BCUT2D eigenvalue weighted by molar-refractivity contribution is 0.0695. The molecule has 8 N–H and O–H groups in total. The lowest BCUT2D eigenvalue weighted by atomic mass is 10.1. The minimum atomic E-state index is -1.10. The number of carbonyl (C=O) groups is 4. The molecule has 5 rings (SSSR count). The topological polar surface area (TPSA) is 254 Å². The fourth-order valence-corrected chi connectivity index (χ4v) is 4.24. The standard InChI is InChI=1S/C28H22FN9O7/c1-11(13-3-5-14(6-4-13)27(44)45)33-25(42)17-9-18(38-28(35-17)36-24(37-38)23(31)41)26(43)32-10-12-2-7-15(29)16(8-12)34-20-19(30)21(39)22(20)40/h2-9,11,34H,10,30H2,1H3,(H2,31,41)(H,32,43)(H,33,42)(H,44,45)/t11-/m0/s1. The molecule has 17 heteroatoms. The number of fused-ring (bicyclic) bond motifs is 1. The van der Waals surface area contributed by atoms with Crippen LogP contribution in [0.4, 0.5) is 21.5 Å². The van der Waals surface area contributed by atoms with Crippen molar-refractivity contribution in [2.24, 2.45) is 5.73 Å². The summed E-state index contributed by atoms with van der Waals surface area (Å²) in [5.41, 5.74) is 8.80. The number of nitrogens with zero attached hydrogens (tertiary/aromatic N) is 4. The fourth-order valence-electron chi connectivity index (χ4n) is 4.24. The quantitative estimate of drug-likeness (QED) is 0.117. The molecule has 0 aliphatic carbocycles. The smallest absolute Gasteiger partial charge is 0.335 e. The molecule has 3 aromatic carbocycles. The zero-order valence-corrected chi connectivity index (χ0v) is 23.1. The first kappa shape index (κ1) is 30.0. The third-order valence-electron chi connectivity index (χ3n) is 6.69. The van der Waals surface area contributed by atoms with Crippen molar-refractivity contribution in [1.29, 1.82) is 0 Å². The molecular weight excluding hydrogens is 593 g/mol. The maximum atomic E-state index is 14.4. The van der Waals surface area contributed by atoms with E-state index >= 15 is 0 Å². The van der Waals surface area contributed by atoms with Crippen LogP contribution in [0.15, 0.2) is 58.1 Å². The number of rotatable bonds is 10. The predicted octanol–water partition coefficient (Wildman–Crippen LogP) is 0.403. The van der Waals surface area contributed by atoms with Crippen molar-refractivity contribution >= 4 is 46.5 Å². The Morgan fingerprint density at radius 3 is 2.36 bits per heavy atom. The van der Waals surface area contributed by atoms with Crippen molar-refractivity contribution in [3.8, 4) is 0 Å². The van der Waals surface area contributed by atoms with Crippen molar-refractivity contribution in [3.63, 3.8) is 0 Å². The average Bonchev–Trinajstić information content (AvgIpc) is 3.47. The number of amides is 3. The molecule has 0 fully saturated rings. The van der Waals surface area contributed by atoms with Gasteiger partial charge >= 0.3 is 5.97 Å². The summed E-state index contributed by atoms with van der Waals surface area (Å²) < 4.78 is 15.3. The number of carboxylic acid groups (broad SMARTS) is 1.